The third-order valence-corrected chi connectivity index (χ3v) is 9.49. The zero-order chi connectivity index (χ0) is 33.8. The number of aryl methyl sites for hydroxylation is 4. The van der Waals surface area contributed by atoms with Gasteiger partial charge in [0.25, 0.3) is 0 Å². The fourth-order valence-corrected chi connectivity index (χ4v) is 7.05. The van der Waals surface area contributed by atoms with Crippen molar-refractivity contribution in [1.29, 1.82) is 0 Å². The number of fused-ring (bicyclic) bond motifs is 6. The van der Waals surface area contributed by atoms with Crippen LogP contribution in [0.3, 0.4) is 0 Å². The standard InChI is InChI=1S/C18H21N.C18H23N.2C4H10/c1-12(2)16-11-14-8-7-13-5-3-4-6-15(13)18(9-10-18)17(14)19-16;1-12(2)16-11-14-10-9-13-7-5-6-8-15(13)18(3,4)17(14)19-16;2*1-4(2)3/h3-6,11-12,19H,7-10H2,1-2H3;5-8,11-12,19H,9-10H2,1-4H3;2*4H,1-3H3. The van der Waals surface area contributed by atoms with E-state index in [-0.39, 0.29) is 5.41 Å². The van der Waals surface area contributed by atoms with Crippen molar-refractivity contribution in [3.8, 4) is 0 Å². The monoisotopic (exact) mass is 621 g/mol. The van der Waals surface area contributed by atoms with E-state index in [1.807, 2.05) is 0 Å². The molecule has 46 heavy (non-hydrogen) atoms. The summed E-state index contributed by atoms with van der Waals surface area (Å²) in [7, 11) is 0. The maximum atomic E-state index is 3.77. The summed E-state index contributed by atoms with van der Waals surface area (Å²) in [4.78, 5) is 7.47. The van der Waals surface area contributed by atoms with E-state index in [1.54, 1.807) is 16.7 Å². The van der Waals surface area contributed by atoms with Gasteiger partial charge in [-0.3, -0.25) is 0 Å². The Balaban J connectivity index is 0.000000170. The van der Waals surface area contributed by atoms with E-state index in [2.05, 4.69) is 154 Å². The van der Waals surface area contributed by atoms with Gasteiger partial charge in [0.2, 0.25) is 0 Å². The van der Waals surface area contributed by atoms with Gasteiger partial charge in [-0.25, -0.2) is 0 Å². The largest absolute Gasteiger partial charge is 0.361 e. The number of aromatic nitrogens is 2. The van der Waals surface area contributed by atoms with Crippen molar-refractivity contribution in [3.63, 3.8) is 0 Å². The molecule has 0 bridgehead atoms. The van der Waals surface area contributed by atoms with Gasteiger partial charge in [-0.15, -0.1) is 0 Å². The number of nitrogens with one attached hydrogen (secondary N) is 2. The van der Waals surface area contributed by atoms with E-state index in [9.17, 15) is 0 Å². The van der Waals surface area contributed by atoms with Crippen LogP contribution in [0.1, 0.15) is 164 Å². The van der Waals surface area contributed by atoms with Crippen LogP contribution in [0.25, 0.3) is 0 Å². The summed E-state index contributed by atoms with van der Waals surface area (Å²) >= 11 is 0. The molecule has 3 aliphatic rings. The van der Waals surface area contributed by atoms with E-state index >= 15 is 0 Å². The van der Waals surface area contributed by atoms with Crippen molar-refractivity contribution in [2.75, 3.05) is 0 Å². The number of H-pyrrole nitrogens is 2. The molecule has 0 radical (unpaired) electrons. The van der Waals surface area contributed by atoms with Gasteiger partial charge in [-0.05, 0) is 108 Å². The highest BCUT2D eigenvalue weighted by Crippen LogP contribution is 2.56. The molecule has 1 saturated carbocycles. The highest BCUT2D eigenvalue weighted by molar-refractivity contribution is 5.52. The third kappa shape index (κ3) is 8.10. The summed E-state index contributed by atoms with van der Waals surface area (Å²) in [6.45, 7) is 26.8. The molecule has 2 aromatic carbocycles. The second kappa shape index (κ2) is 14.8. The first-order valence-electron chi connectivity index (χ1n) is 18.3. The van der Waals surface area contributed by atoms with E-state index in [4.69, 9.17) is 0 Å². The van der Waals surface area contributed by atoms with Crippen LogP contribution in [0.2, 0.25) is 0 Å². The smallest absolute Gasteiger partial charge is 0.0359 e. The Morgan fingerprint density at radius 3 is 1.33 bits per heavy atom. The molecule has 0 amide bonds. The number of hydrogen-bond donors (Lipinski definition) is 2. The van der Waals surface area contributed by atoms with E-state index < -0.39 is 0 Å². The number of aromatic amines is 2. The average molecular weight is 621 g/mol. The molecule has 4 aromatic rings. The van der Waals surface area contributed by atoms with Crippen LogP contribution in [0.4, 0.5) is 0 Å². The van der Waals surface area contributed by atoms with Crippen LogP contribution in [-0.4, -0.2) is 9.97 Å². The first kappa shape index (κ1) is 35.8. The van der Waals surface area contributed by atoms with Gasteiger partial charge in [0.05, 0.1) is 0 Å². The predicted molar refractivity (Wildman–Crippen MR) is 201 cm³/mol. The Morgan fingerprint density at radius 2 is 0.870 bits per heavy atom. The van der Waals surface area contributed by atoms with E-state index in [0.717, 1.165) is 24.7 Å². The molecule has 1 spiro atoms. The Labute approximate surface area is 282 Å². The maximum Gasteiger partial charge on any atom is 0.0359 e. The molecule has 3 aliphatic carbocycles. The second-order valence-corrected chi connectivity index (χ2v) is 16.5. The van der Waals surface area contributed by atoms with Crippen LogP contribution < -0.4 is 0 Å². The molecule has 0 unspecified atom stereocenters. The van der Waals surface area contributed by atoms with Crippen LogP contribution in [-0.2, 0) is 36.5 Å². The fraction of sp³-hybridized carbons (Fsp3) is 0.545. The first-order chi connectivity index (χ1) is 21.7. The Morgan fingerprint density at radius 1 is 0.500 bits per heavy atom. The molecule has 0 atom stereocenters. The Hall–Kier alpha value is -3.00. The summed E-state index contributed by atoms with van der Waals surface area (Å²) in [5.74, 6) is 2.83. The zero-order valence-corrected chi connectivity index (χ0v) is 31.3. The van der Waals surface area contributed by atoms with Crippen LogP contribution in [0, 0.1) is 11.8 Å². The minimum Gasteiger partial charge on any atom is -0.361 e. The molecule has 1 fully saturated rings. The van der Waals surface area contributed by atoms with Crippen molar-refractivity contribution in [3.05, 3.63) is 117 Å². The predicted octanol–water partition coefficient (Wildman–Crippen LogP) is 12.2. The van der Waals surface area contributed by atoms with Gasteiger partial charge >= 0.3 is 0 Å². The van der Waals surface area contributed by atoms with Crippen molar-refractivity contribution in [1.82, 2.24) is 9.97 Å². The number of hydrogen-bond acceptors (Lipinski definition) is 0. The normalized spacial score (nSPS) is 16.4. The summed E-state index contributed by atoms with van der Waals surface area (Å²) in [5, 5.41) is 0. The number of benzene rings is 2. The van der Waals surface area contributed by atoms with Crippen molar-refractivity contribution < 1.29 is 0 Å². The quantitative estimate of drug-likeness (QED) is 0.223. The number of rotatable bonds is 2. The minimum atomic E-state index is 0.0789. The summed E-state index contributed by atoms with van der Waals surface area (Å²) in [6, 6.07) is 22.8. The second-order valence-electron chi connectivity index (χ2n) is 16.5. The lowest BCUT2D eigenvalue weighted by Gasteiger charge is -2.26. The minimum absolute atomic E-state index is 0.0789. The lowest BCUT2D eigenvalue weighted by Crippen LogP contribution is -2.21. The van der Waals surface area contributed by atoms with Gasteiger partial charge in [-0.1, -0.05) is 132 Å². The highest BCUT2D eigenvalue weighted by atomic mass is 14.8. The zero-order valence-electron chi connectivity index (χ0n) is 31.3. The molecule has 2 nitrogen and oxygen atoms in total. The van der Waals surface area contributed by atoms with Crippen LogP contribution in [0.5, 0.6) is 0 Å². The maximum absolute atomic E-state index is 3.77. The molecular formula is C44H64N2. The topological polar surface area (TPSA) is 31.6 Å². The van der Waals surface area contributed by atoms with E-state index in [0.29, 0.717) is 17.3 Å². The lowest BCUT2D eigenvalue weighted by molar-refractivity contribution is 0.612. The van der Waals surface area contributed by atoms with Gasteiger partial charge in [0, 0.05) is 33.6 Å². The molecule has 2 N–H and O–H groups in total. The molecule has 7 rings (SSSR count). The molecule has 250 valence electrons. The molecule has 2 aromatic heterocycles. The van der Waals surface area contributed by atoms with E-state index in [1.165, 1.54) is 65.1 Å². The van der Waals surface area contributed by atoms with Crippen LogP contribution in [0.15, 0.2) is 60.7 Å². The Bertz CT molecular complexity index is 1440. The Kier molecular flexibility index (Phi) is 11.6. The lowest BCUT2D eigenvalue weighted by atomic mass is 9.79. The summed E-state index contributed by atoms with van der Waals surface area (Å²) in [6.07, 6.45) is 7.32. The van der Waals surface area contributed by atoms with Gasteiger partial charge in [0.15, 0.2) is 0 Å². The SMILES string of the molecule is CC(C)C.CC(C)C.CC(C)c1cc2c([nH]1)C(C)(C)c1ccccc1CC2.CC(C)c1cc2c([nH]1)C1(CC1)c1ccccc1CC2. The average Bonchev–Trinajstić information content (AvgIpc) is 3.51. The molecular weight excluding hydrogens is 556 g/mol. The first-order valence-corrected chi connectivity index (χ1v) is 18.3. The van der Waals surface area contributed by atoms with Gasteiger partial charge < -0.3 is 9.97 Å². The van der Waals surface area contributed by atoms with Crippen molar-refractivity contribution in [2.24, 2.45) is 11.8 Å². The van der Waals surface area contributed by atoms with Gasteiger partial charge in [-0.2, -0.15) is 0 Å². The van der Waals surface area contributed by atoms with Crippen molar-refractivity contribution in [2.45, 2.75) is 144 Å². The molecule has 0 saturated heterocycles. The molecule has 2 heterocycles. The van der Waals surface area contributed by atoms with Crippen LogP contribution >= 0.6 is 0 Å². The molecule has 2 heteroatoms. The summed E-state index contributed by atoms with van der Waals surface area (Å²) < 4.78 is 0. The van der Waals surface area contributed by atoms with Gasteiger partial charge in [0.1, 0.15) is 0 Å². The fourth-order valence-electron chi connectivity index (χ4n) is 7.05. The summed E-state index contributed by atoms with van der Waals surface area (Å²) in [5.41, 5.74) is 15.3. The highest BCUT2D eigenvalue weighted by Gasteiger charge is 2.50. The van der Waals surface area contributed by atoms with Crippen molar-refractivity contribution >= 4 is 0 Å². The molecule has 0 aliphatic heterocycles. The third-order valence-electron chi connectivity index (χ3n) is 9.49.